The number of benzene rings is 2. The number of nitrogens with zero attached hydrogens (tertiary/aromatic N) is 2. The summed E-state index contributed by atoms with van der Waals surface area (Å²) in [4.78, 5) is 17.1. The van der Waals surface area contributed by atoms with E-state index in [1.165, 1.54) is 16.3 Å². The minimum absolute atomic E-state index is 0.123. The average Bonchev–Trinajstić information content (AvgIpc) is 2.65. The highest BCUT2D eigenvalue weighted by Gasteiger charge is 2.25. The summed E-state index contributed by atoms with van der Waals surface area (Å²) in [5.74, 6) is 0.351. The second-order valence-electron chi connectivity index (χ2n) is 7.66. The van der Waals surface area contributed by atoms with Crippen LogP contribution in [0.5, 0.6) is 0 Å². The van der Waals surface area contributed by atoms with Gasteiger partial charge in [0.05, 0.1) is 5.92 Å². The van der Waals surface area contributed by atoms with E-state index < -0.39 is 0 Å². The Morgan fingerprint density at radius 3 is 2.85 bits per heavy atom. The first-order valence-electron chi connectivity index (χ1n) is 9.75. The largest absolute Gasteiger partial charge is 0.356 e. The van der Waals surface area contributed by atoms with E-state index in [2.05, 4.69) is 71.7 Å². The number of rotatable bonds is 7. The molecule has 0 saturated carbocycles. The molecule has 1 unspecified atom stereocenters. The van der Waals surface area contributed by atoms with E-state index in [-0.39, 0.29) is 11.8 Å². The molecule has 1 fully saturated rings. The molecule has 4 nitrogen and oxygen atoms in total. The topological polar surface area (TPSA) is 35.6 Å². The lowest BCUT2D eigenvalue weighted by molar-refractivity contribution is -0.126. The lowest BCUT2D eigenvalue weighted by Crippen LogP contribution is -2.43. The molecule has 1 aliphatic heterocycles. The highest BCUT2D eigenvalue weighted by Crippen LogP contribution is 2.23. The van der Waals surface area contributed by atoms with Gasteiger partial charge in [-0.05, 0) is 62.8 Å². The third-order valence-electron chi connectivity index (χ3n) is 5.23. The van der Waals surface area contributed by atoms with Gasteiger partial charge in [-0.2, -0.15) is 0 Å². The predicted molar refractivity (Wildman–Crippen MR) is 108 cm³/mol. The van der Waals surface area contributed by atoms with Crippen LogP contribution in [-0.2, 0) is 11.3 Å². The van der Waals surface area contributed by atoms with Crippen LogP contribution in [0, 0.1) is 5.92 Å². The molecular weight excluding hydrogens is 322 g/mol. The molecule has 1 N–H and O–H groups in total. The fourth-order valence-electron chi connectivity index (χ4n) is 3.84. The van der Waals surface area contributed by atoms with Gasteiger partial charge in [0.2, 0.25) is 5.91 Å². The number of carbonyl (C=O) groups excluding carboxylic acids is 1. The molecule has 3 rings (SSSR count). The highest BCUT2D eigenvalue weighted by atomic mass is 16.1. The zero-order chi connectivity index (χ0) is 18.4. The van der Waals surface area contributed by atoms with E-state index in [0.29, 0.717) is 0 Å². The second-order valence-corrected chi connectivity index (χ2v) is 7.66. The summed E-state index contributed by atoms with van der Waals surface area (Å²) < 4.78 is 0. The maximum atomic E-state index is 12.5. The van der Waals surface area contributed by atoms with Gasteiger partial charge in [-0.3, -0.25) is 9.69 Å². The Hall–Kier alpha value is -1.91. The van der Waals surface area contributed by atoms with Gasteiger partial charge in [0.25, 0.3) is 0 Å². The normalized spacial score (nSPS) is 18.3. The number of piperidine rings is 1. The monoisotopic (exact) mass is 353 g/mol. The van der Waals surface area contributed by atoms with Crippen LogP contribution in [0.1, 0.15) is 24.8 Å². The quantitative estimate of drug-likeness (QED) is 0.777. The maximum absolute atomic E-state index is 12.5. The van der Waals surface area contributed by atoms with Crippen molar-refractivity contribution in [3.63, 3.8) is 0 Å². The third kappa shape index (κ3) is 5.05. The number of likely N-dealkylation sites (tertiary alicyclic amines) is 1. The summed E-state index contributed by atoms with van der Waals surface area (Å²) in [6.45, 7) is 4.65. The summed E-state index contributed by atoms with van der Waals surface area (Å²) in [5, 5.41) is 5.74. The molecule has 0 radical (unpaired) electrons. The highest BCUT2D eigenvalue weighted by molar-refractivity contribution is 5.85. The third-order valence-corrected chi connectivity index (χ3v) is 5.23. The van der Waals surface area contributed by atoms with E-state index in [1.807, 2.05) is 0 Å². The fourth-order valence-corrected chi connectivity index (χ4v) is 3.84. The molecule has 1 atom stereocenters. The van der Waals surface area contributed by atoms with E-state index in [1.54, 1.807) is 0 Å². The van der Waals surface area contributed by atoms with E-state index >= 15 is 0 Å². The van der Waals surface area contributed by atoms with Crippen molar-refractivity contribution in [1.29, 1.82) is 0 Å². The van der Waals surface area contributed by atoms with E-state index in [4.69, 9.17) is 0 Å². The molecule has 0 bridgehead atoms. The molecule has 2 aromatic rings. The lowest BCUT2D eigenvalue weighted by atomic mass is 9.96. The van der Waals surface area contributed by atoms with Gasteiger partial charge >= 0.3 is 0 Å². The van der Waals surface area contributed by atoms with Gasteiger partial charge in [0.1, 0.15) is 0 Å². The Morgan fingerprint density at radius 2 is 2.00 bits per heavy atom. The molecule has 1 amide bonds. The van der Waals surface area contributed by atoms with Crippen LogP contribution in [0.2, 0.25) is 0 Å². The van der Waals surface area contributed by atoms with Crippen molar-refractivity contribution in [2.24, 2.45) is 5.92 Å². The minimum Gasteiger partial charge on any atom is -0.356 e. The first kappa shape index (κ1) is 18.9. The van der Waals surface area contributed by atoms with Crippen LogP contribution < -0.4 is 5.32 Å². The van der Waals surface area contributed by atoms with Crippen molar-refractivity contribution in [2.45, 2.75) is 25.8 Å². The van der Waals surface area contributed by atoms with Crippen LogP contribution in [0.25, 0.3) is 10.8 Å². The van der Waals surface area contributed by atoms with Crippen molar-refractivity contribution in [2.75, 3.05) is 40.3 Å². The Balaban J connectivity index is 1.55. The molecule has 140 valence electrons. The molecule has 26 heavy (non-hydrogen) atoms. The van der Waals surface area contributed by atoms with Crippen LogP contribution in [0.3, 0.4) is 0 Å². The minimum atomic E-state index is 0.123. The van der Waals surface area contributed by atoms with Gasteiger partial charge in [-0.1, -0.05) is 42.5 Å². The molecule has 0 aliphatic carbocycles. The Kier molecular flexibility index (Phi) is 6.64. The molecule has 1 saturated heterocycles. The van der Waals surface area contributed by atoms with E-state index in [9.17, 15) is 4.79 Å². The molecule has 2 aromatic carbocycles. The van der Waals surface area contributed by atoms with Crippen LogP contribution in [-0.4, -0.2) is 56.0 Å². The lowest BCUT2D eigenvalue weighted by Gasteiger charge is -2.32. The zero-order valence-electron chi connectivity index (χ0n) is 16.1. The molecule has 1 aliphatic rings. The molecule has 1 heterocycles. The number of fused-ring (bicyclic) bond motifs is 1. The smallest absolute Gasteiger partial charge is 0.224 e. The van der Waals surface area contributed by atoms with Gasteiger partial charge in [-0.15, -0.1) is 0 Å². The van der Waals surface area contributed by atoms with Gasteiger partial charge in [0.15, 0.2) is 0 Å². The predicted octanol–water partition coefficient (Wildman–Crippen LogP) is 3.12. The van der Waals surface area contributed by atoms with Crippen molar-refractivity contribution >= 4 is 16.7 Å². The number of hydrogen-bond acceptors (Lipinski definition) is 3. The number of carbonyl (C=O) groups is 1. The number of nitrogens with one attached hydrogen (secondary N) is 1. The van der Waals surface area contributed by atoms with Crippen molar-refractivity contribution in [1.82, 2.24) is 15.1 Å². The molecule has 4 heteroatoms. The molecular formula is C22H31N3O. The summed E-state index contributed by atoms with van der Waals surface area (Å²) in [6, 6.07) is 15.1. The van der Waals surface area contributed by atoms with Crippen molar-refractivity contribution in [3.8, 4) is 0 Å². The summed E-state index contributed by atoms with van der Waals surface area (Å²) in [6.07, 6.45) is 3.11. The number of amides is 1. The van der Waals surface area contributed by atoms with Crippen molar-refractivity contribution < 1.29 is 4.79 Å². The summed E-state index contributed by atoms with van der Waals surface area (Å²) in [7, 11) is 4.13. The molecule has 0 spiro atoms. The van der Waals surface area contributed by atoms with Crippen LogP contribution in [0.4, 0.5) is 0 Å². The van der Waals surface area contributed by atoms with Crippen molar-refractivity contribution in [3.05, 3.63) is 48.0 Å². The van der Waals surface area contributed by atoms with Crippen LogP contribution >= 0.6 is 0 Å². The summed E-state index contributed by atoms with van der Waals surface area (Å²) in [5.41, 5.74) is 1.36. The molecule has 0 aromatic heterocycles. The first-order chi connectivity index (χ1) is 12.6. The Morgan fingerprint density at radius 1 is 1.19 bits per heavy atom. The standard InChI is InChI=1S/C22H31N3O/c1-24(2)14-7-13-23-22(26)20-11-6-15-25(17-20)16-19-10-5-9-18-8-3-4-12-21(18)19/h3-5,8-10,12,20H,6-7,11,13-17H2,1-2H3,(H,23,26). The van der Waals surface area contributed by atoms with Crippen LogP contribution in [0.15, 0.2) is 42.5 Å². The zero-order valence-corrected chi connectivity index (χ0v) is 16.1. The number of hydrogen-bond donors (Lipinski definition) is 1. The SMILES string of the molecule is CN(C)CCCNC(=O)C1CCCN(Cc2cccc3ccccc23)C1. The fraction of sp³-hybridized carbons (Fsp3) is 0.500. The van der Waals surface area contributed by atoms with Gasteiger partial charge < -0.3 is 10.2 Å². The Bertz CT molecular complexity index is 723. The van der Waals surface area contributed by atoms with Gasteiger partial charge in [0, 0.05) is 19.6 Å². The second kappa shape index (κ2) is 9.15. The first-order valence-corrected chi connectivity index (χ1v) is 9.75. The van der Waals surface area contributed by atoms with E-state index in [0.717, 1.165) is 52.0 Å². The maximum Gasteiger partial charge on any atom is 0.224 e. The van der Waals surface area contributed by atoms with Gasteiger partial charge in [-0.25, -0.2) is 0 Å². The Labute approximate surface area is 157 Å². The summed E-state index contributed by atoms with van der Waals surface area (Å²) >= 11 is 0. The average molecular weight is 354 g/mol.